The van der Waals surface area contributed by atoms with Gasteiger partial charge >= 0.3 is 0 Å². The Balaban J connectivity index is 2.46. The van der Waals surface area contributed by atoms with Crippen LogP contribution in [0.5, 0.6) is 0 Å². The summed E-state index contributed by atoms with van der Waals surface area (Å²) in [5.41, 5.74) is 1.48. The van der Waals surface area contributed by atoms with Crippen LogP contribution in [0, 0.1) is 5.82 Å². The Kier molecular flexibility index (Phi) is 3.98. The lowest BCUT2D eigenvalue weighted by molar-refractivity contribution is 0.570. The van der Waals surface area contributed by atoms with Crippen molar-refractivity contribution in [2.24, 2.45) is 0 Å². The first-order valence-electron chi connectivity index (χ1n) is 5.74. The van der Waals surface area contributed by atoms with Crippen LogP contribution in [0.15, 0.2) is 18.5 Å². The number of nitrogens with zero attached hydrogens (tertiary/aromatic N) is 3. The summed E-state index contributed by atoms with van der Waals surface area (Å²) in [4.78, 5) is 4.73. The molecule has 0 amide bonds. The third-order valence-electron chi connectivity index (χ3n) is 2.75. The molecule has 0 spiro atoms. The largest absolute Gasteiger partial charge is 0.308 e. The van der Waals surface area contributed by atoms with Gasteiger partial charge in [0.05, 0.1) is 22.8 Å². The Morgan fingerprint density at radius 1 is 1.39 bits per heavy atom. The number of pyridine rings is 1. The quantitative estimate of drug-likeness (QED) is 0.923. The predicted octanol–water partition coefficient (Wildman–Crippen LogP) is 2.50. The molecule has 0 bridgehead atoms. The van der Waals surface area contributed by atoms with Crippen LogP contribution in [-0.4, -0.2) is 21.6 Å². The fraction of sp³-hybridized carbons (Fsp3) is 0.417. The summed E-state index contributed by atoms with van der Waals surface area (Å²) in [6.45, 7) is 4.10. The van der Waals surface area contributed by atoms with E-state index < -0.39 is 0 Å². The summed E-state index contributed by atoms with van der Waals surface area (Å²) in [5.74, 6) is -0.0561. The highest BCUT2D eigenvalue weighted by molar-refractivity contribution is 7.05. The van der Waals surface area contributed by atoms with E-state index in [9.17, 15) is 4.39 Å². The van der Waals surface area contributed by atoms with Gasteiger partial charge in [-0.3, -0.25) is 4.98 Å². The third kappa shape index (κ3) is 2.39. The van der Waals surface area contributed by atoms with Crippen LogP contribution in [0.4, 0.5) is 4.39 Å². The number of hydrogen-bond acceptors (Lipinski definition) is 5. The second-order valence-corrected chi connectivity index (χ2v) is 5.08. The molecule has 1 unspecified atom stereocenters. The molecule has 96 valence electrons. The Bertz CT molecular complexity index is 526. The van der Waals surface area contributed by atoms with Crippen molar-refractivity contribution in [1.29, 1.82) is 0 Å². The van der Waals surface area contributed by atoms with E-state index in [2.05, 4.69) is 33.7 Å². The molecule has 0 aromatic carbocycles. The zero-order valence-electron chi connectivity index (χ0n) is 10.5. The highest BCUT2D eigenvalue weighted by Crippen LogP contribution is 2.31. The molecule has 0 radical (unpaired) electrons. The van der Waals surface area contributed by atoms with E-state index >= 15 is 0 Å². The van der Waals surface area contributed by atoms with E-state index in [-0.39, 0.29) is 17.8 Å². The standard InChI is InChI=1S/C12H15FN4S/c1-7(2)10-12(18-17-16-10)11(14-3)8-4-5-15-6-9(8)13/h4-7,11,14H,1-3H3. The van der Waals surface area contributed by atoms with Crippen LogP contribution in [0.2, 0.25) is 0 Å². The number of rotatable bonds is 4. The van der Waals surface area contributed by atoms with Crippen molar-refractivity contribution in [2.45, 2.75) is 25.8 Å². The maximum atomic E-state index is 13.8. The van der Waals surface area contributed by atoms with Crippen LogP contribution in [0.3, 0.4) is 0 Å². The fourth-order valence-electron chi connectivity index (χ4n) is 1.85. The highest BCUT2D eigenvalue weighted by Gasteiger charge is 2.23. The van der Waals surface area contributed by atoms with Gasteiger partial charge < -0.3 is 5.32 Å². The number of nitrogens with one attached hydrogen (secondary N) is 1. The Hall–Kier alpha value is -1.40. The molecule has 0 fully saturated rings. The molecule has 0 aliphatic heterocycles. The monoisotopic (exact) mass is 266 g/mol. The summed E-state index contributed by atoms with van der Waals surface area (Å²) in [6.07, 6.45) is 2.81. The molecule has 1 N–H and O–H groups in total. The summed E-state index contributed by atoms with van der Waals surface area (Å²) in [6, 6.07) is 1.45. The number of aromatic nitrogens is 3. The van der Waals surface area contributed by atoms with Crippen LogP contribution >= 0.6 is 11.5 Å². The maximum absolute atomic E-state index is 13.8. The third-order valence-corrected chi connectivity index (χ3v) is 3.56. The first-order valence-corrected chi connectivity index (χ1v) is 6.51. The zero-order valence-corrected chi connectivity index (χ0v) is 11.3. The van der Waals surface area contributed by atoms with E-state index in [4.69, 9.17) is 0 Å². The summed E-state index contributed by atoms with van der Waals surface area (Å²) in [7, 11) is 1.80. The molecule has 6 heteroatoms. The van der Waals surface area contributed by atoms with Crippen LogP contribution < -0.4 is 5.32 Å². The lowest BCUT2D eigenvalue weighted by Gasteiger charge is -2.17. The smallest absolute Gasteiger partial charge is 0.146 e. The van der Waals surface area contributed by atoms with Gasteiger partial charge in [0, 0.05) is 11.8 Å². The molecule has 0 aliphatic carbocycles. The normalized spacial score (nSPS) is 12.9. The minimum Gasteiger partial charge on any atom is -0.308 e. The molecule has 1 atom stereocenters. The number of hydrogen-bond donors (Lipinski definition) is 1. The predicted molar refractivity (Wildman–Crippen MR) is 69.1 cm³/mol. The van der Waals surface area contributed by atoms with Crippen molar-refractivity contribution in [2.75, 3.05) is 7.05 Å². The van der Waals surface area contributed by atoms with Gasteiger partial charge in [-0.05, 0) is 30.6 Å². The molecule has 4 nitrogen and oxygen atoms in total. The van der Waals surface area contributed by atoms with Gasteiger partial charge in [-0.15, -0.1) is 5.10 Å². The van der Waals surface area contributed by atoms with Gasteiger partial charge in [0.2, 0.25) is 0 Å². The van der Waals surface area contributed by atoms with Crippen molar-refractivity contribution in [3.8, 4) is 0 Å². The van der Waals surface area contributed by atoms with Gasteiger partial charge in [-0.1, -0.05) is 18.3 Å². The maximum Gasteiger partial charge on any atom is 0.146 e. The summed E-state index contributed by atoms with van der Waals surface area (Å²) >= 11 is 1.30. The molecule has 0 aliphatic rings. The zero-order chi connectivity index (χ0) is 13.1. The molecule has 2 aromatic heterocycles. The van der Waals surface area contributed by atoms with Crippen molar-refractivity contribution in [3.63, 3.8) is 0 Å². The van der Waals surface area contributed by atoms with Crippen molar-refractivity contribution in [3.05, 3.63) is 40.4 Å². The first-order chi connectivity index (χ1) is 8.65. The van der Waals surface area contributed by atoms with Crippen molar-refractivity contribution >= 4 is 11.5 Å². The molecule has 0 saturated carbocycles. The van der Waals surface area contributed by atoms with Crippen LogP contribution in [0.25, 0.3) is 0 Å². The summed E-state index contributed by atoms with van der Waals surface area (Å²) < 4.78 is 17.8. The molecule has 2 aromatic rings. The Morgan fingerprint density at radius 2 is 2.17 bits per heavy atom. The SMILES string of the molecule is CNC(c1ccncc1F)c1snnc1C(C)C. The van der Waals surface area contributed by atoms with Gasteiger partial charge in [0.25, 0.3) is 0 Å². The fourth-order valence-corrected chi connectivity index (χ4v) is 2.79. The van der Waals surface area contributed by atoms with Crippen molar-refractivity contribution < 1.29 is 4.39 Å². The highest BCUT2D eigenvalue weighted by atomic mass is 32.1. The van der Waals surface area contributed by atoms with Crippen LogP contribution in [0.1, 0.15) is 41.9 Å². The molecular weight excluding hydrogens is 251 g/mol. The molecule has 2 rings (SSSR count). The minimum atomic E-state index is -0.319. The average Bonchev–Trinajstić information content (AvgIpc) is 2.82. The van der Waals surface area contributed by atoms with Crippen molar-refractivity contribution in [1.82, 2.24) is 19.9 Å². The van der Waals surface area contributed by atoms with Gasteiger partial charge in [-0.25, -0.2) is 4.39 Å². The van der Waals surface area contributed by atoms with E-state index in [0.29, 0.717) is 5.56 Å². The van der Waals surface area contributed by atoms with E-state index in [1.807, 2.05) is 0 Å². The van der Waals surface area contributed by atoms with E-state index in [1.165, 1.54) is 17.7 Å². The Labute approximate surface area is 109 Å². The Morgan fingerprint density at radius 3 is 2.78 bits per heavy atom. The molecule has 18 heavy (non-hydrogen) atoms. The second-order valence-electron chi connectivity index (χ2n) is 4.30. The van der Waals surface area contributed by atoms with Gasteiger partial charge in [-0.2, -0.15) is 0 Å². The van der Waals surface area contributed by atoms with E-state index in [1.54, 1.807) is 19.3 Å². The molecular formula is C12H15FN4S. The average molecular weight is 266 g/mol. The van der Waals surface area contributed by atoms with E-state index in [0.717, 1.165) is 10.6 Å². The van der Waals surface area contributed by atoms with Gasteiger partial charge in [0.1, 0.15) is 5.82 Å². The first kappa shape index (κ1) is 13.0. The molecule has 2 heterocycles. The number of halogens is 1. The van der Waals surface area contributed by atoms with Crippen LogP contribution in [-0.2, 0) is 0 Å². The second kappa shape index (κ2) is 5.49. The lowest BCUT2D eigenvalue weighted by Crippen LogP contribution is -2.19. The minimum absolute atomic E-state index is 0.231. The lowest BCUT2D eigenvalue weighted by atomic mass is 10.0. The molecule has 0 saturated heterocycles. The summed E-state index contributed by atoms with van der Waals surface area (Å²) in [5, 5.41) is 7.25. The topological polar surface area (TPSA) is 50.7 Å². The van der Waals surface area contributed by atoms with Gasteiger partial charge in [0.15, 0.2) is 0 Å².